The number of β-amino-alcohol motifs (C(OH)–C–C–N with tert-alkyl or cyclic N) is 1. The number of aliphatic hydroxyl groups is 1. The summed E-state index contributed by atoms with van der Waals surface area (Å²) in [5, 5.41) is 12.6. The van der Waals surface area contributed by atoms with Crippen molar-refractivity contribution in [1.82, 2.24) is 24.9 Å². The lowest BCUT2D eigenvalue weighted by Crippen LogP contribution is -2.39. The second kappa shape index (κ2) is 9.00. The predicted molar refractivity (Wildman–Crippen MR) is 108 cm³/mol. The van der Waals surface area contributed by atoms with Gasteiger partial charge in [0.05, 0.1) is 6.10 Å². The van der Waals surface area contributed by atoms with Crippen LogP contribution in [0.1, 0.15) is 24.2 Å². The van der Waals surface area contributed by atoms with Crippen LogP contribution >= 0.6 is 0 Å². The van der Waals surface area contributed by atoms with Gasteiger partial charge in [-0.05, 0) is 37.1 Å². The van der Waals surface area contributed by atoms with E-state index in [0.29, 0.717) is 19.4 Å². The largest absolute Gasteiger partial charge is 0.433 e. The third-order valence-corrected chi connectivity index (χ3v) is 4.88. The Kier molecular flexibility index (Phi) is 6.25. The quantitative estimate of drug-likeness (QED) is 0.534. The number of nitrogens with one attached hydrogen (secondary N) is 1. The number of rotatable bonds is 4. The molecule has 3 aromatic rings. The van der Waals surface area contributed by atoms with Crippen molar-refractivity contribution in [3.63, 3.8) is 0 Å². The molecule has 0 amide bonds. The summed E-state index contributed by atoms with van der Waals surface area (Å²) in [6, 6.07) is 5.21. The second-order valence-electron chi connectivity index (χ2n) is 7.48. The first kappa shape index (κ1) is 23.6. The molecule has 3 aromatic heterocycles. The summed E-state index contributed by atoms with van der Waals surface area (Å²) < 4.78 is 78.4. The number of hydrogen-bond donors (Lipinski definition) is 2. The van der Waals surface area contributed by atoms with E-state index >= 15 is 0 Å². The minimum absolute atomic E-state index is 0.0376. The summed E-state index contributed by atoms with van der Waals surface area (Å²) in [5.74, 6) is -0.391. The summed E-state index contributed by atoms with van der Waals surface area (Å²) >= 11 is 0. The Morgan fingerprint density at radius 3 is 2.41 bits per heavy atom. The molecule has 0 spiro atoms. The number of halogens is 6. The molecule has 0 aliphatic carbocycles. The van der Waals surface area contributed by atoms with Gasteiger partial charge in [-0.25, -0.2) is 4.98 Å². The Morgan fingerprint density at radius 2 is 1.71 bits per heavy atom. The van der Waals surface area contributed by atoms with E-state index in [2.05, 4.69) is 30.2 Å². The van der Waals surface area contributed by atoms with Crippen molar-refractivity contribution in [2.24, 2.45) is 0 Å². The smallest absolute Gasteiger partial charge is 0.391 e. The van der Waals surface area contributed by atoms with E-state index in [1.807, 2.05) is 0 Å². The van der Waals surface area contributed by atoms with Gasteiger partial charge in [0, 0.05) is 25.0 Å². The van der Waals surface area contributed by atoms with Crippen LogP contribution in [-0.2, 0) is 12.4 Å². The lowest BCUT2D eigenvalue weighted by Gasteiger charge is -2.30. The van der Waals surface area contributed by atoms with Crippen molar-refractivity contribution < 1.29 is 31.4 Å². The highest BCUT2D eigenvalue weighted by Gasteiger charge is 2.34. The molecule has 0 bridgehead atoms. The van der Waals surface area contributed by atoms with Crippen LogP contribution in [0.2, 0.25) is 0 Å². The molecule has 180 valence electrons. The minimum atomic E-state index is -4.70. The normalized spacial score (nSPS) is 17.0. The molecule has 4 heterocycles. The molecule has 0 radical (unpaired) electrons. The summed E-state index contributed by atoms with van der Waals surface area (Å²) in [7, 11) is 0. The van der Waals surface area contributed by atoms with E-state index in [1.165, 1.54) is 12.1 Å². The molecule has 4 rings (SSSR count). The average Bonchev–Trinajstić information content (AvgIpc) is 2.78. The maximum absolute atomic E-state index is 13.1. The molecule has 0 saturated carbocycles. The molecule has 1 aliphatic rings. The van der Waals surface area contributed by atoms with Crippen molar-refractivity contribution in [1.29, 1.82) is 0 Å². The van der Waals surface area contributed by atoms with Gasteiger partial charge >= 0.3 is 12.4 Å². The number of pyridine rings is 2. The van der Waals surface area contributed by atoms with Crippen LogP contribution in [0.15, 0.2) is 36.5 Å². The summed E-state index contributed by atoms with van der Waals surface area (Å²) in [4.78, 5) is 21.0. The third kappa shape index (κ3) is 5.50. The van der Waals surface area contributed by atoms with Crippen LogP contribution < -0.4 is 10.2 Å². The molecule has 34 heavy (non-hydrogen) atoms. The highest BCUT2D eigenvalue weighted by Crippen LogP contribution is 2.31. The van der Waals surface area contributed by atoms with Gasteiger partial charge in [-0.2, -0.15) is 41.3 Å². The monoisotopic (exact) mass is 485 g/mol. The topological polar surface area (TPSA) is 100.0 Å². The Bertz CT molecular complexity index is 1170. The number of piperidine rings is 1. The number of nitrogens with zero attached hydrogens (tertiary/aromatic N) is 6. The zero-order valence-corrected chi connectivity index (χ0v) is 17.3. The molecule has 14 heteroatoms. The Balaban J connectivity index is 1.75. The summed E-state index contributed by atoms with van der Waals surface area (Å²) in [6.07, 6.45) is -7.92. The number of alkyl halides is 6. The second-order valence-corrected chi connectivity index (χ2v) is 7.48. The fourth-order valence-corrected chi connectivity index (χ4v) is 3.32. The number of aliphatic hydroxyl groups excluding tert-OH is 1. The lowest BCUT2D eigenvalue weighted by molar-refractivity contribution is -0.141. The van der Waals surface area contributed by atoms with Gasteiger partial charge in [0.2, 0.25) is 11.9 Å². The average molecular weight is 485 g/mol. The van der Waals surface area contributed by atoms with Crippen molar-refractivity contribution in [2.75, 3.05) is 23.3 Å². The van der Waals surface area contributed by atoms with Crippen molar-refractivity contribution >= 4 is 17.6 Å². The van der Waals surface area contributed by atoms with E-state index in [1.54, 1.807) is 4.90 Å². The van der Waals surface area contributed by atoms with E-state index in [-0.39, 0.29) is 35.6 Å². The first-order valence-corrected chi connectivity index (χ1v) is 10.0. The Morgan fingerprint density at radius 1 is 0.941 bits per heavy atom. The SMILES string of the molecule is OC1CCCN(c2nc(Nc3ccnc(C(F)(F)F)c3)nc(-c3cccc(C(F)(F)F)n3)n2)C1. The summed E-state index contributed by atoms with van der Waals surface area (Å²) in [6.45, 7) is 0.635. The molecule has 0 aromatic carbocycles. The zero-order valence-electron chi connectivity index (χ0n) is 17.3. The molecule has 1 aliphatic heterocycles. The fraction of sp³-hybridized carbons (Fsp3) is 0.350. The summed E-state index contributed by atoms with van der Waals surface area (Å²) in [5.41, 5.74) is -2.55. The molecular formula is C20H17F6N7O. The Hall–Kier alpha value is -3.55. The van der Waals surface area contributed by atoms with Gasteiger partial charge < -0.3 is 15.3 Å². The van der Waals surface area contributed by atoms with Gasteiger partial charge in [0.1, 0.15) is 17.1 Å². The number of aromatic nitrogens is 5. The molecule has 2 N–H and O–H groups in total. The van der Waals surface area contributed by atoms with Crippen LogP contribution in [0.3, 0.4) is 0 Å². The van der Waals surface area contributed by atoms with Crippen LogP contribution in [0, 0.1) is 0 Å². The highest BCUT2D eigenvalue weighted by atomic mass is 19.4. The van der Waals surface area contributed by atoms with Crippen LogP contribution in [-0.4, -0.2) is 49.2 Å². The number of hydrogen-bond acceptors (Lipinski definition) is 8. The first-order chi connectivity index (χ1) is 16.0. The Labute approximate surface area is 188 Å². The molecule has 1 atom stereocenters. The lowest BCUT2D eigenvalue weighted by atomic mass is 10.1. The van der Waals surface area contributed by atoms with Gasteiger partial charge in [0.15, 0.2) is 5.82 Å². The molecule has 1 unspecified atom stereocenters. The fourth-order valence-electron chi connectivity index (χ4n) is 3.32. The molecular weight excluding hydrogens is 468 g/mol. The van der Waals surface area contributed by atoms with E-state index in [4.69, 9.17) is 0 Å². The van der Waals surface area contributed by atoms with Crippen LogP contribution in [0.5, 0.6) is 0 Å². The van der Waals surface area contributed by atoms with Gasteiger partial charge in [0.25, 0.3) is 0 Å². The van der Waals surface area contributed by atoms with Gasteiger partial charge in [-0.1, -0.05) is 6.07 Å². The van der Waals surface area contributed by atoms with E-state index in [9.17, 15) is 31.4 Å². The van der Waals surface area contributed by atoms with Crippen LogP contribution in [0.25, 0.3) is 11.5 Å². The van der Waals surface area contributed by atoms with E-state index < -0.39 is 29.8 Å². The molecule has 1 fully saturated rings. The van der Waals surface area contributed by atoms with Crippen molar-refractivity contribution in [3.8, 4) is 11.5 Å². The third-order valence-electron chi connectivity index (χ3n) is 4.88. The van der Waals surface area contributed by atoms with Gasteiger partial charge in [-0.3, -0.25) is 4.98 Å². The highest BCUT2D eigenvalue weighted by molar-refractivity contribution is 5.59. The van der Waals surface area contributed by atoms with Crippen molar-refractivity contribution in [3.05, 3.63) is 47.9 Å². The zero-order chi connectivity index (χ0) is 24.5. The molecule has 8 nitrogen and oxygen atoms in total. The predicted octanol–water partition coefficient (Wildman–Crippen LogP) is 4.07. The van der Waals surface area contributed by atoms with Crippen LogP contribution in [0.4, 0.5) is 43.9 Å². The van der Waals surface area contributed by atoms with Crippen molar-refractivity contribution in [2.45, 2.75) is 31.3 Å². The maximum atomic E-state index is 13.1. The standard InChI is InChI=1S/C20H17F6N7O/c21-19(22,23)14-5-1-4-13(29-14)16-30-17(28-11-6-7-27-15(9-11)20(24,25)26)32-18(31-16)33-8-2-3-12(34)10-33/h1,4-7,9,12,34H,2-3,8,10H2,(H,27,28,30,31,32). The number of anilines is 3. The maximum Gasteiger partial charge on any atom is 0.433 e. The van der Waals surface area contributed by atoms with E-state index in [0.717, 1.165) is 24.4 Å². The first-order valence-electron chi connectivity index (χ1n) is 10.0. The molecule has 1 saturated heterocycles. The minimum Gasteiger partial charge on any atom is -0.391 e. The van der Waals surface area contributed by atoms with Gasteiger partial charge in [-0.15, -0.1) is 0 Å².